The van der Waals surface area contributed by atoms with Crippen molar-refractivity contribution in [3.8, 4) is 0 Å². The van der Waals surface area contributed by atoms with Gasteiger partial charge >= 0.3 is 0 Å². The van der Waals surface area contributed by atoms with Crippen LogP contribution in [0.2, 0.25) is 15.1 Å². The maximum absolute atomic E-state index is 13.6. The molecule has 0 fully saturated rings. The van der Waals surface area contributed by atoms with Gasteiger partial charge in [-0.3, -0.25) is 13.9 Å². The molecule has 0 aliphatic carbocycles. The molecule has 2 rings (SSSR count). The maximum atomic E-state index is 13.6. The molecule has 0 saturated heterocycles. The Bertz CT molecular complexity index is 1240. The SMILES string of the molecule is CCC(C)NC(=O)C(CC)N(Cc1ccc(Cl)cc1Cl)C(=O)CCCN(c1cccc(Cl)c1C)S(C)(=O)=O. The van der Waals surface area contributed by atoms with Gasteiger partial charge in [0.15, 0.2) is 0 Å². The standard InChI is InChI=1S/C27H36Cl3N3O4S/c1-6-18(3)31-27(35)24(7-2)32(17-20-13-14-21(28)16-23(20)30)26(34)12-9-15-33(38(5,36)37)25-11-8-10-22(29)19(25)4/h8,10-11,13-14,16,18,24H,6-7,9,12,15,17H2,1-5H3,(H,31,35). The van der Waals surface area contributed by atoms with E-state index in [1.165, 1.54) is 9.21 Å². The van der Waals surface area contributed by atoms with E-state index < -0.39 is 16.1 Å². The van der Waals surface area contributed by atoms with E-state index in [2.05, 4.69) is 5.32 Å². The molecule has 210 valence electrons. The highest BCUT2D eigenvalue weighted by atomic mass is 35.5. The molecule has 38 heavy (non-hydrogen) atoms. The van der Waals surface area contributed by atoms with Crippen LogP contribution in [0.25, 0.3) is 0 Å². The lowest BCUT2D eigenvalue weighted by Gasteiger charge is -2.32. The normalized spacial score (nSPS) is 13.1. The Kier molecular flexibility index (Phi) is 12.2. The Morgan fingerprint density at radius 3 is 2.29 bits per heavy atom. The Hall–Kier alpha value is -2.00. The van der Waals surface area contributed by atoms with Gasteiger partial charge in [0.2, 0.25) is 21.8 Å². The van der Waals surface area contributed by atoms with Crippen molar-refractivity contribution in [1.29, 1.82) is 0 Å². The average molecular weight is 605 g/mol. The topological polar surface area (TPSA) is 86.8 Å². The third-order valence-electron chi connectivity index (χ3n) is 6.40. The van der Waals surface area contributed by atoms with E-state index in [4.69, 9.17) is 34.8 Å². The summed E-state index contributed by atoms with van der Waals surface area (Å²) < 4.78 is 26.4. The van der Waals surface area contributed by atoms with Crippen molar-refractivity contribution < 1.29 is 18.0 Å². The van der Waals surface area contributed by atoms with Crippen LogP contribution in [0.1, 0.15) is 57.6 Å². The number of halogens is 3. The van der Waals surface area contributed by atoms with Crippen LogP contribution in [0.3, 0.4) is 0 Å². The van der Waals surface area contributed by atoms with Crippen LogP contribution in [-0.4, -0.2) is 50.0 Å². The zero-order valence-corrected chi connectivity index (χ0v) is 25.5. The van der Waals surface area contributed by atoms with Gasteiger partial charge in [-0.1, -0.05) is 60.8 Å². The fourth-order valence-corrected chi connectivity index (χ4v) is 5.70. The molecule has 2 aromatic rings. The van der Waals surface area contributed by atoms with Gasteiger partial charge in [0, 0.05) is 40.6 Å². The minimum Gasteiger partial charge on any atom is -0.352 e. The quantitative estimate of drug-likeness (QED) is 0.294. The first-order chi connectivity index (χ1) is 17.8. The number of amides is 2. The van der Waals surface area contributed by atoms with Gasteiger partial charge in [-0.05, 0) is 68.5 Å². The molecule has 2 atom stereocenters. The minimum absolute atomic E-state index is 0.0317. The first-order valence-electron chi connectivity index (χ1n) is 12.6. The van der Waals surface area contributed by atoms with Crippen LogP contribution in [0, 0.1) is 6.92 Å². The number of benzene rings is 2. The highest BCUT2D eigenvalue weighted by Crippen LogP contribution is 2.29. The molecule has 0 aliphatic rings. The van der Waals surface area contributed by atoms with Crippen LogP contribution < -0.4 is 9.62 Å². The van der Waals surface area contributed by atoms with Crippen LogP contribution in [-0.2, 0) is 26.2 Å². The number of carbonyl (C=O) groups is 2. The maximum Gasteiger partial charge on any atom is 0.243 e. The number of nitrogens with one attached hydrogen (secondary N) is 1. The van der Waals surface area contributed by atoms with Gasteiger partial charge < -0.3 is 10.2 Å². The van der Waals surface area contributed by atoms with Crippen molar-refractivity contribution in [3.05, 3.63) is 62.6 Å². The highest BCUT2D eigenvalue weighted by Gasteiger charge is 2.30. The van der Waals surface area contributed by atoms with E-state index in [0.29, 0.717) is 38.3 Å². The van der Waals surface area contributed by atoms with E-state index >= 15 is 0 Å². The highest BCUT2D eigenvalue weighted by molar-refractivity contribution is 7.92. The van der Waals surface area contributed by atoms with Crippen molar-refractivity contribution >= 4 is 62.3 Å². The summed E-state index contributed by atoms with van der Waals surface area (Å²) in [5, 5.41) is 4.28. The summed E-state index contributed by atoms with van der Waals surface area (Å²) in [6.45, 7) is 7.67. The Labute approximate surface area is 241 Å². The van der Waals surface area contributed by atoms with Gasteiger partial charge in [-0.15, -0.1) is 0 Å². The summed E-state index contributed by atoms with van der Waals surface area (Å²) in [6, 6.07) is 9.32. The number of rotatable bonds is 13. The predicted octanol–water partition coefficient (Wildman–Crippen LogP) is 6.22. The first kappa shape index (κ1) is 32.2. The summed E-state index contributed by atoms with van der Waals surface area (Å²) in [6.07, 6.45) is 2.55. The fourth-order valence-electron chi connectivity index (χ4n) is 4.04. The first-order valence-corrected chi connectivity index (χ1v) is 15.5. The average Bonchev–Trinajstić information content (AvgIpc) is 2.84. The van der Waals surface area contributed by atoms with Crippen molar-refractivity contribution in [2.24, 2.45) is 0 Å². The lowest BCUT2D eigenvalue weighted by Crippen LogP contribution is -2.50. The van der Waals surface area contributed by atoms with Crippen LogP contribution in [0.4, 0.5) is 5.69 Å². The second kappa shape index (κ2) is 14.4. The van der Waals surface area contributed by atoms with Crippen LogP contribution in [0.15, 0.2) is 36.4 Å². The van der Waals surface area contributed by atoms with Crippen molar-refractivity contribution in [2.75, 3.05) is 17.1 Å². The number of sulfonamides is 1. The molecule has 11 heteroatoms. The molecule has 7 nitrogen and oxygen atoms in total. The molecule has 0 aromatic heterocycles. The lowest BCUT2D eigenvalue weighted by molar-refractivity contribution is -0.141. The third kappa shape index (κ3) is 8.76. The molecule has 0 heterocycles. The molecular weight excluding hydrogens is 569 g/mol. The number of carbonyl (C=O) groups excluding carboxylic acids is 2. The Morgan fingerprint density at radius 2 is 1.71 bits per heavy atom. The molecule has 0 radical (unpaired) electrons. The predicted molar refractivity (Wildman–Crippen MR) is 157 cm³/mol. The van der Waals surface area contributed by atoms with E-state index in [-0.39, 0.29) is 43.8 Å². The van der Waals surface area contributed by atoms with Gasteiger partial charge in [-0.25, -0.2) is 8.42 Å². The third-order valence-corrected chi connectivity index (χ3v) is 8.58. The van der Waals surface area contributed by atoms with Gasteiger partial charge in [0.1, 0.15) is 6.04 Å². The number of nitrogens with zero attached hydrogens (tertiary/aromatic N) is 2. The second-order valence-electron chi connectivity index (χ2n) is 9.32. The van der Waals surface area contributed by atoms with E-state index in [1.54, 1.807) is 43.3 Å². The molecule has 2 amide bonds. The summed E-state index contributed by atoms with van der Waals surface area (Å²) in [7, 11) is -3.63. The molecule has 0 spiro atoms. The number of anilines is 1. The summed E-state index contributed by atoms with van der Waals surface area (Å²) >= 11 is 18.7. The molecule has 1 N–H and O–H groups in total. The second-order valence-corrected chi connectivity index (χ2v) is 12.5. The number of hydrogen-bond acceptors (Lipinski definition) is 4. The van der Waals surface area contributed by atoms with E-state index in [0.717, 1.165) is 12.7 Å². The lowest BCUT2D eigenvalue weighted by atomic mass is 10.1. The largest absolute Gasteiger partial charge is 0.352 e. The molecule has 2 unspecified atom stereocenters. The monoisotopic (exact) mass is 603 g/mol. The Balaban J connectivity index is 2.30. The zero-order valence-electron chi connectivity index (χ0n) is 22.4. The smallest absolute Gasteiger partial charge is 0.243 e. The molecular formula is C27H36Cl3N3O4S. The van der Waals surface area contributed by atoms with Crippen LogP contribution in [0.5, 0.6) is 0 Å². The van der Waals surface area contributed by atoms with Crippen molar-refractivity contribution in [3.63, 3.8) is 0 Å². The van der Waals surface area contributed by atoms with Gasteiger partial charge in [0.25, 0.3) is 0 Å². The summed E-state index contributed by atoms with van der Waals surface area (Å²) in [5.74, 6) is -0.522. The fraction of sp³-hybridized carbons (Fsp3) is 0.481. The Morgan fingerprint density at radius 1 is 1.03 bits per heavy atom. The molecule has 0 saturated carbocycles. The van der Waals surface area contributed by atoms with Gasteiger partial charge in [-0.2, -0.15) is 0 Å². The van der Waals surface area contributed by atoms with Crippen molar-refractivity contribution in [2.45, 2.75) is 72.0 Å². The number of hydrogen-bond donors (Lipinski definition) is 1. The summed E-state index contributed by atoms with van der Waals surface area (Å²) in [4.78, 5) is 28.2. The van der Waals surface area contributed by atoms with Gasteiger partial charge in [0.05, 0.1) is 11.9 Å². The van der Waals surface area contributed by atoms with E-state index in [9.17, 15) is 18.0 Å². The molecule has 0 aliphatic heterocycles. The molecule has 0 bridgehead atoms. The van der Waals surface area contributed by atoms with Crippen LogP contribution >= 0.6 is 34.8 Å². The summed E-state index contributed by atoms with van der Waals surface area (Å²) in [5.41, 5.74) is 1.76. The zero-order chi connectivity index (χ0) is 28.6. The van der Waals surface area contributed by atoms with E-state index in [1.807, 2.05) is 20.8 Å². The minimum atomic E-state index is -3.63. The molecule has 2 aromatic carbocycles. The van der Waals surface area contributed by atoms with Crippen molar-refractivity contribution in [1.82, 2.24) is 10.2 Å².